The van der Waals surface area contributed by atoms with Crippen molar-refractivity contribution in [2.75, 3.05) is 0 Å². The molecule has 0 fully saturated rings. The van der Waals surface area contributed by atoms with Gasteiger partial charge in [0.05, 0.1) is 10.9 Å². The first-order valence-electron chi connectivity index (χ1n) is 7.52. The summed E-state index contributed by atoms with van der Waals surface area (Å²) in [7, 11) is -3.84. The van der Waals surface area contributed by atoms with Crippen LogP contribution in [0.3, 0.4) is 0 Å². The van der Waals surface area contributed by atoms with Crippen molar-refractivity contribution in [1.29, 1.82) is 0 Å². The maximum Gasteiger partial charge on any atom is 0.284 e. The first-order chi connectivity index (χ1) is 11.2. The number of pyridine rings is 1. The summed E-state index contributed by atoms with van der Waals surface area (Å²) in [6.45, 7) is 5.42. The number of benzene rings is 1. The minimum atomic E-state index is -3.84. The molecule has 128 valence electrons. The Kier molecular flexibility index (Phi) is 5.97. The largest absolute Gasteiger partial charge is 0.321 e. The summed E-state index contributed by atoms with van der Waals surface area (Å²) in [5.74, 6) is 0.0196. The van der Waals surface area contributed by atoms with Crippen LogP contribution in [-0.4, -0.2) is 18.8 Å². The molecule has 0 bridgehead atoms. The lowest BCUT2D eigenvalue weighted by molar-refractivity contribution is -0.121. The first-order valence-corrected chi connectivity index (χ1v) is 10.0. The number of carbonyl (C=O) groups excluding carboxylic acids is 1. The fourth-order valence-corrected chi connectivity index (χ4v) is 3.67. The quantitative estimate of drug-likeness (QED) is 0.647. The Balaban J connectivity index is 2.61. The maximum atomic E-state index is 12.5. The van der Waals surface area contributed by atoms with Crippen LogP contribution in [0.1, 0.15) is 31.9 Å². The molecule has 2 rings (SSSR count). The van der Waals surface area contributed by atoms with Gasteiger partial charge >= 0.3 is 0 Å². The summed E-state index contributed by atoms with van der Waals surface area (Å²) in [5, 5.41) is 0. The van der Waals surface area contributed by atoms with Crippen LogP contribution in [0.5, 0.6) is 0 Å². The maximum absolute atomic E-state index is 12.5. The lowest BCUT2D eigenvalue weighted by Crippen LogP contribution is -2.29. The van der Waals surface area contributed by atoms with Gasteiger partial charge in [-0.3, -0.25) is 4.79 Å². The van der Waals surface area contributed by atoms with Gasteiger partial charge in [0.15, 0.2) is 5.78 Å². The second-order valence-corrected chi connectivity index (χ2v) is 8.34. The molecule has 0 amide bonds. The topological polar surface area (TPSA) is 68.5 Å². The predicted molar refractivity (Wildman–Crippen MR) is 101 cm³/mol. The van der Waals surface area contributed by atoms with Crippen molar-refractivity contribution in [1.82, 2.24) is 4.57 Å². The van der Waals surface area contributed by atoms with Crippen LogP contribution < -0.4 is 5.49 Å². The van der Waals surface area contributed by atoms with Crippen molar-refractivity contribution in [2.45, 2.75) is 38.1 Å². The molecular formula is C17H19IN2O3S. The van der Waals surface area contributed by atoms with E-state index in [-0.39, 0.29) is 16.2 Å². The Morgan fingerprint density at radius 1 is 1.21 bits per heavy atom. The number of carbonyl (C=O) groups is 1. The molecule has 0 radical (unpaired) electrons. The molecule has 1 heterocycles. The number of aromatic nitrogens is 1. The van der Waals surface area contributed by atoms with E-state index in [0.717, 1.165) is 9.13 Å². The van der Waals surface area contributed by atoms with Crippen LogP contribution in [0, 0.1) is 10.5 Å². The van der Waals surface area contributed by atoms with Gasteiger partial charge in [0, 0.05) is 16.2 Å². The molecule has 1 aromatic carbocycles. The third-order valence-electron chi connectivity index (χ3n) is 3.68. The second kappa shape index (κ2) is 7.60. The number of rotatable bonds is 5. The summed E-state index contributed by atoms with van der Waals surface area (Å²) >= 11 is 2.12. The van der Waals surface area contributed by atoms with Crippen molar-refractivity contribution in [2.24, 2.45) is 4.40 Å². The Bertz CT molecular complexity index is 916. The number of aryl methyl sites for hydroxylation is 1. The van der Waals surface area contributed by atoms with Crippen molar-refractivity contribution in [3.63, 3.8) is 0 Å². The van der Waals surface area contributed by atoms with Crippen LogP contribution in [0.15, 0.2) is 51.9 Å². The highest BCUT2D eigenvalue weighted by atomic mass is 127. The second-order valence-electron chi connectivity index (χ2n) is 5.49. The third-order valence-corrected chi connectivity index (χ3v) is 5.62. The van der Waals surface area contributed by atoms with Crippen molar-refractivity contribution >= 4 is 38.4 Å². The Hall–Kier alpha value is -1.48. The zero-order valence-corrected chi connectivity index (χ0v) is 16.7. The van der Waals surface area contributed by atoms with Gasteiger partial charge < -0.3 is 4.57 Å². The number of halogens is 1. The normalized spacial score (nSPS) is 13.8. The summed E-state index contributed by atoms with van der Waals surface area (Å²) in [6, 6.07) is 9.44. The highest BCUT2D eigenvalue weighted by Crippen LogP contribution is 2.14. The van der Waals surface area contributed by atoms with E-state index in [1.165, 1.54) is 12.1 Å². The van der Waals surface area contributed by atoms with Crippen molar-refractivity contribution in [3.05, 3.63) is 57.2 Å². The zero-order chi connectivity index (χ0) is 17.9. The lowest BCUT2D eigenvalue weighted by atomic mass is 10.1. The van der Waals surface area contributed by atoms with E-state index in [1.54, 1.807) is 48.9 Å². The standard InChI is InChI=1S/C17H19IN2O3S/c1-4-16(21)13(3)20-11-14(18)7-10-17(20)19-24(22,23)15-8-5-12(2)6-9-15/h5-11,13H,4H2,1-3H3. The van der Waals surface area contributed by atoms with Gasteiger partial charge in [-0.1, -0.05) is 24.6 Å². The van der Waals surface area contributed by atoms with E-state index < -0.39 is 16.1 Å². The Labute approximate surface area is 155 Å². The molecule has 2 aromatic rings. The van der Waals surface area contributed by atoms with E-state index in [0.29, 0.717) is 6.42 Å². The zero-order valence-electron chi connectivity index (χ0n) is 13.7. The summed E-state index contributed by atoms with van der Waals surface area (Å²) in [5.41, 5.74) is 1.21. The molecule has 0 saturated heterocycles. The highest BCUT2D eigenvalue weighted by molar-refractivity contribution is 14.1. The van der Waals surface area contributed by atoms with Crippen LogP contribution in [0.4, 0.5) is 0 Å². The summed E-state index contributed by atoms with van der Waals surface area (Å²) in [6.07, 6.45) is 2.12. The predicted octanol–water partition coefficient (Wildman–Crippen LogP) is 3.23. The SMILES string of the molecule is CCC(=O)C(C)n1cc(I)ccc1=NS(=O)(=O)c1ccc(C)cc1. The third kappa shape index (κ3) is 4.32. The van der Waals surface area contributed by atoms with Gasteiger partial charge in [-0.2, -0.15) is 8.42 Å². The molecule has 0 aliphatic carbocycles. The minimum absolute atomic E-state index is 0.0196. The van der Waals surface area contributed by atoms with Gasteiger partial charge in [0.2, 0.25) is 0 Å². The molecule has 1 unspecified atom stereocenters. The molecule has 24 heavy (non-hydrogen) atoms. The van der Waals surface area contributed by atoms with E-state index in [1.807, 2.05) is 6.92 Å². The number of hydrogen-bond donors (Lipinski definition) is 0. The summed E-state index contributed by atoms with van der Waals surface area (Å²) < 4.78 is 31.5. The molecule has 7 heteroatoms. The highest BCUT2D eigenvalue weighted by Gasteiger charge is 2.16. The fourth-order valence-electron chi connectivity index (χ4n) is 2.21. The van der Waals surface area contributed by atoms with Crippen molar-refractivity contribution < 1.29 is 13.2 Å². The van der Waals surface area contributed by atoms with Gasteiger partial charge in [0.1, 0.15) is 5.49 Å². The number of ketones is 1. The number of hydrogen-bond acceptors (Lipinski definition) is 3. The van der Waals surface area contributed by atoms with Gasteiger partial charge in [-0.25, -0.2) is 0 Å². The lowest BCUT2D eigenvalue weighted by Gasteiger charge is -2.15. The van der Waals surface area contributed by atoms with E-state index in [2.05, 4.69) is 27.0 Å². The molecule has 1 atom stereocenters. The van der Waals surface area contributed by atoms with Crippen LogP contribution in [0.2, 0.25) is 0 Å². The van der Waals surface area contributed by atoms with Crippen LogP contribution >= 0.6 is 22.6 Å². The van der Waals surface area contributed by atoms with E-state index >= 15 is 0 Å². The van der Waals surface area contributed by atoms with E-state index in [4.69, 9.17) is 0 Å². The van der Waals surface area contributed by atoms with E-state index in [9.17, 15) is 13.2 Å². The van der Waals surface area contributed by atoms with Crippen molar-refractivity contribution in [3.8, 4) is 0 Å². The molecule has 0 N–H and O–H groups in total. The molecule has 5 nitrogen and oxygen atoms in total. The smallest absolute Gasteiger partial charge is 0.284 e. The molecule has 0 saturated carbocycles. The monoisotopic (exact) mass is 458 g/mol. The van der Waals surface area contributed by atoms with Crippen LogP contribution in [0.25, 0.3) is 0 Å². The molecule has 0 aliphatic heterocycles. The Morgan fingerprint density at radius 3 is 2.42 bits per heavy atom. The molecule has 1 aromatic heterocycles. The average Bonchev–Trinajstić information content (AvgIpc) is 2.55. The van der Waals surface area contributed by atoms with Crippen LogP contribution in [-0.2, 0) is 14.8 Å². The Morgan fingerprint density at radius 2 is 1.83 bits per heavy atom. The minimum Gasteiger partial charge on any atom is -0.321 e. The number of sulfonamides is 1. The van der Waals surface area contributed by atoms with Gasteiger partial charge in [-0.05, 0) is 60.7 Å². The first kappa shape index (κ1) is 18.9. The number of nitrogens with zero attached hydrogens (tertiary/aromatic N) is 2. The fraction of sp³-hybridized carbons (Fsp3) is 0.294. The molecule has 0 spiro atoms. The van der Waals surface area contributed by atoms with Gasteiger partial charge in [-0.15, -0.1) is 4.40 Å². The number of Topliss-reactive ketones (excluding diaryl/α,β-unsaturated/α-hetero) is 1. The molecule has 0 aliphatic rings. The molecular weight excluding hydrogens is 439 g/mol. The van der Waals surface area contributed by atoms with Gasteiger partial charge in [0.25, 0.3) is 10.0 Å². The summed E-state index contributed by atoms with van der Waals surface area (Å²) in [4.78, 5) is 12.2. The average molecular weight is 458 g/mol.